The number of carbonyl (C=O) groups is 2. The topological polar surface area (TPSA) is 110 Å². The van der Waals surface area contributed by atoms with Gasteiger partial charge in [0.1, 0.15) is 25.1 Å². The highest BCUT2D eigenvalue weighted by Gasteiger charge is 2.23. The average Bonchev–Trinajstić information content (AvgIpc) is 2.52. The third-order valence-corrected chi connectivity index (χ3v) is 3.49. The van der Waals surface area contributed by atoms with E-state index in [9.17, 15) is 14.0 Å². The minimum absolute atomic E-state index is 0.0173. The number of aliphatic carboxylic acids is 2. The van der Waals surface area contributed by atoms with Crippen LogP contribution >= 0.6 is 0 Å². The van der Waals surface area contributed by atoms with Crippen LogP contribution in [0.5, 0.6) is 5.75 Å². The molecule has 4 N–H and O–H groups in total. The number of halogens is 1. The monoisotopic (exact) mass is 326 g/mol. The van der Waals surface area contributed by atoms with Crippen molar-refractivity contribution in [3.63, 3.8) is 0 Å². The number of hydrogen-bond acceptors (Lipinski definition) is 4. The molecule has 0 radical (unpaired) electrons. The molecule has 0 saturated carbocycles. The fraction of sp³-hybridized carbons (Fsp3) is 0.500. The van der Waals surface area contributed by atoms with Gasteiger partial charge in [0.25, 0.3) is 0 Å². The molecular formula is C16H22FNO5. The first-order chi connectivity index (χ1) is 10.9. The van der Waals surface area contributed by atoms with Crippen LogP contribution in [0.2, 0.25) is 0 Å². The Balaban J connectivity index is 2.43. The van der Waals surface area contributed by atoms with E-state index in [1.54, 1.807) is 12.1 Å². The van der Waals surface area contributed by atoms with Gasteiger partial charge in [0, 0.05) is 0 Å². The van der Waals surface area contributed by atoms with Crippen LogP contribution in [-0.2, 0) is 16.0 Å². The molecule has 0 fully saturated rings. The molecule has 2 unspecified atom stereocenters. The quantitative estimate of drug-likeness (QED) is 0.572. The first kappa shape index (κ1) is 18.9. The molecule has 0 amide bonds. The molecule has 128 valence electrons. The zero-order valence-electron chi connectivity index (χ0n) is 12.8. The number of hydrogen-bond donors (Lipinski definition) is 3. The summed E-state index contributed by atoms with van der Waals surface area (Å²) in [5.74, 6) is -2.41. The predicted molar refractivity (Wildman–Crippen MR) is 82.2 cm³/mol. The Morgan fingerprint density at radius 3 is 2.35 bits per heavy atom. The van der Waals surface area contributed by atoms with Crippen LogP contribution < -0.4 is 10.5 Å². The summed E-state index contributed by atoms with van der Waals surface area (Å²) in [6.07, 6.45) is 1.54. The summed E-state index contributed by atoms with van der Waals surface area (Å²) in [4.78, 5) is 21.9. The van der Waals surface area contributed by atoms with Gasteiger partial charge in [0.2, 0.25) is 0 Å². The van der Waals surface area contributed by atoms with Crippen molar-refractivity contribution < 1.29 is 28.9 Å². The van der Waals surface area contributed by atoms with Gasteiger partial charge in [-0.3, -0.25) is 9.59 Å². The second-order valence-electron chi connectivity index (χ2n) is 5.29. The van der Waals surface area contributed by atoms with Gasteiger partial charge in [-0.15, -0.1) is 0 Å². The Morgan fingerprint density at radius 2 is 1.83 bits per heavy atom. The fourth-order valence-electron chi connectivity index (χ4n) is 2.21. The molecule has 0 spiro atoms. The van der Waals surface area contributed by atoms with Crippen molar-refractivity contribution in [2.45, 2.75) is 31.7 Å². The average molecular weight is 326 g/mol. The summed E-state index contributed by atoms with van der Waals surface area (Å²) in [5, 5.41) is 17.9. The Morgan fingerprint density at radius 1 is 1.17 bits per heavy atom. The van der Waals surface area contributed by atoms with Crippen molar-refractivity contribution in [2.24, 2.45) is 11.7 Å². The van der Waals surface area contributed by atoms with Crippen molar-refractivity contribution in [3.8, 4) is 5.75 Å². The Labute approximate surface area is 134 Å². The summed E-state index contributed by atoms with van der Waals surface area (Å²) in [6, 6.07) is 5.99. The van der Waals surface area contributed by atoms with E-state index in [1.165, 1.54) is 0 Å². The molecule has 7 heteroatoms. The Hall–Kier alpha value is -2.15. The van der Waals surface area contributed by atoms with Crippen molar-refractivity contribution in [1.29, 1.82) is 0 Å². The van der Waals surface area contributed by atoms with E-state index < -0.39 is 30.6 Å². The van der Waals surface area contributed by atoms with Gasteiger partial charge in [0.15, 0.2) is 0 Å². The second-order valence-corrected chi connectivity index (χ2v) is 5.29. The molecule has 6 nitrogen and oxygen atoms in total. The number of alkyl halides is 1. The highest BCUT2D eigenvalue weighted by molar-refractivity contribution is 5.75. The maximum Gasteiger partial charge on any atom is 0.320 e. The molecular weight excluding hydrogens is 304 g/mol. The van der Waals surface area contributed by atoms with E-state index in [0.29, 0.717) is 25.0 Å². The highest BCUT2D eigenvalue weighted by Crippen LogP contribution is 2.18. The van der Waals surface area contributed by atoms with Crippen LogP contribution in [-0.4, -0.2) is 41.5 Å². The van der Waals surface area contributed by atoms with Crippen molar-refractivity contribution in [2.75, 3.05) is 13.3 Å². The number of carboxylic acid groups (broad SMARTS) is 2. The van der Waals surface area contributed by atoms with Crippen LogP contribution in [0.3, 0.4) is 0 Å². The first-order valence-electron chi connectivity index (χ1n) is 7.43. The van der Waals surface area contributed by atoms with Gasteiger partial charge in [-0.1, -0.05) is 12.1 Å². The number of carboxylic acids is 2. The fourth-order valence-corrected chi connectivity index (χ4v) is 2.21. The maximum absolute atomic E-state index is 12.0. The van der Waals surface area contributed by atoms with Crippen LogP contribution in [0.15, 0.2) is 24.3 Å². The smallest absolute Gasteiger partial charge is 0.320 e. The summed E-state index contributed by atoms with van der Waals surface area (Å²) in [7, 11) is 0. The number of aryl methyl sites for hydroxylation is 1. The zero-order chi connectivity index (χ0) is 17.2. The van der Waals surface area contributed by atoms with Crippen molar-refractivity contribution in [3.05, 3.63) is 29.8 Å². The number of nitrogens with two attached hydrogens (primary N) is 1. The Bertz CT molecular complexity index is 506. The largest absolute Gasteiger partial charge is 0.491 e. The number of benzene rings is 1. The standard InChI is InChI=1S/C16H22FNO5/c17-8-9-23-13-6-4-11(5-7-13)2-1-3-12(15(19)20)10-14(18)16(21)22/h4-7,12,14H,1-3,8-10,18H2,(H,19,20)(H,21,22)/i17-1. The van der Waals surface area contributed by atoms with Crippen LogP contribution in [0, 0.1) is 5.92 Å². The zero-order valence-corrected chi connectivity index (χ0v) is 12.8. The van der Waals surface area contributed by atoms with Gasteiger partial charge >= 0.3 is 11.9 Å². The molecule has 1 aromatic carbocycles. The number of rotatable bonds is 11. The van der Waals surface area contributed by atoms with E-state index in [0.717, 1.165) is 5.56 Å². The van der Waals surface area contributed by atoms with Gasteiger partial charge < -0.3 is 20.7 Å². The van der Waals surface area contributed by atoms with Crippen molar-refractivity contribution in [1.82, 2.24) is 0 Å². The van der Waals surface area contributed by atoms with E-state index in [4.69, 9.17) is 20.7 Å². The van der Waals surface area contributed by atoms with Crippen LogP contribution in [0.4, 0.5) is 4.39 Å². The van der Waals surface area contributed by atoms with Crippen LogP contribution in [0.1, 0.15) is 24.8 Å². The summed E-state index contributed by atoms with van der Waals surface area (Å²) >= 11 is 0. The van der Waals surface area contributed by atoms with E-state index >= 15 is 0 Å². The normalized spacial score (nSPS) is 13.3. The molecule has 23 heavy (non-hydrogen) atoms. The van der Waals surface area contributed by atoms with E-state index in [1.807, 2.05) is 12.1 Å². The molecule has 0 aromatic heterocycles. The summed E-state index contributed by atoms with van der Waals surface area (Å²) in [5.41, 5.74) is 6.40. The number of ether oxygens (including phenoxy) is 1. The summed E-state index contributed by atoms with van der Waals surface area (Å²) < 4.78 is 17.1. The van der Waals surface area contributed by atoms with Crippen LogP contribution in [0.25, 0.3) is 0 Å². The van der Waals surface area contributed by atoms with E-state index in [2.05, 4.69) is 0 Å². The maximum atomic E-state index is 12.0. The lowest BCUT2D eigenvalue weighted by atomic mass is 9.93. The molecule has 2 atom stereocenters. The Kier molecular flexibility index (Phi) is 8.04. The van der Waals surface area contributed by atoms with Gasteiger partial charge in [-0.25, -0.2) is 4.39 Å². The lowest BCUT2D eigenvalue weighted by molar-refractivity contribution is -0.143. The third kappa shape index (κ3) is 7.10. The third-order valence-electron chi connectivity index (χ3n) is 3.49. The minimum atomic E-state index is -1.19. The second kappa shape index (κ2) is 9.78. The van der Waals surface area contributed by atoms with Gasteiger partial charge in [-0.05, 0) is 43.4 Å². The molecule has 0 saturated heterocycles. The minimum Gasteiger partial charge on any atom is -0.491 e. The van der Waals surface area contributed by atoms with Crippen molar-refractivity contribution >= 4 is 11.9 Å². The molecule has 0 heterocycles. The van der Waals surface area contributed by atoms with Gasteiger partial charge in [-0.2, -0.15) is 0 Å². The molecule has 0 aliphatic heterocycles. The lowest BCUT2D eigenvalue weighted by Gasteiger charge is -2.14. The molecule has 1 rings (SSSR count). The highest BCUT2D eigenvalue weighted by atomic mass is 18.2. The summed E-state index contributed by atoms with van der Waals surface area (Å²) in [6.45, 7) is -0.528. The van der Waals surface area contributed by atoms with E-state index in [-0.39, 0.29) is 13.0 Å². The van der Waals surface area contributed by atoms with Gasteiger partial charge in [0.05, 0.1) is 5.92 Å². The molecule has 0 aliphatic rings. The molecule has 0 aliphatic carbocycles. The molecule has 1 aromatic rings. The SMILES string of the molecule is NC(CC(CCCc1ccc(OCC[18F])cc1)C(=O)O)C(=O)O. The lowest BCUT2D eigenvalue weighted by Crippen LogP contribution is -2.34. The molecule has 0 bridgehead atoms. The predicted octanol–water partition coefficient (Wildman–Crippen LogP) is 1.86. The first-order valence-corrected chi connectivity index (χ1v) is 7.43.